The Morgan fingerprint density at radius 3 is 2.50 bits per heavy atom. The van der Waals surface area contributed by atoms with Crippen molar-refractivity contribution in [2.75, 3.05) is 0 Å². The first-order valence-electron chi connectivity index (χ1n) is 2.24. The fourth-order valence-corrected chi connectivity index (χ4v) is 0.731. The molecule has 1 aliphatic heterocycles. The standard InChI is InChI=1S/C4H4BCl2N/c6-5-3-1-2-4-8(5)7/h1-4H. The second kappa shape index (κ2) is 2.47. The molecule has 0 spiro atoms. The Morgan fingerprint density at radius 1 is 1.38 bits per heavy atom. The molecular formula is C4H4BCl2N. The normalized spacial score (nSPS) is 17.8. The summed E-state index contributed by atoms with van der Waals surface area (Å²) >= 11 is 11.2. The van der Waals surface area contributed by atoms with Gasteiger partial charge in [0.05, 0.1) is 0 Å². The van der Waals surface area contributed by atoms with Gasteiger partial charge in [0.1, 0.15) is 0 Å². The van der Waals surface area contributed by atoms with Crippen molar-refractivity contribution in [1.82, 2.24) is 4.33 Å². The molecule has 0 saturated heterocycles. The fourth-order valence-electron chi connectivity index (χ4n) is 0.452. The van der Waals surface area contributed by atoms with Gasteiger partial charge in [-0.1, -0.05) is 12.1 Å². The van der Waals surface area contributed by atoms with E-state index in [1.807, 2.05) is 12.2 Å². The fraction of sp³-hybridized carbons (Fsp3) is 0. The van der Waals surface area contributed by atoms with Crippen molar-refractivity contribution < 1.29 is 0 Å². The van der Waals surface area contributed by atoms with E-state index in [1.165, 1.54) is 4.33 Å². The highest BCUT2D eigenvalue weighted by Gasteiger charge is 2.13. The smallest absolute Gasteiger partial charge is 0.315 e. The molecule has 0 fully saturated rings. The highest BCUT2D eigenvalue weighted by Crippen LogP contribution is 2.09. The topological polar surface area (TPSA) is 3.24 Å². The maximum absolute atomic E-state index is 5.62. The molecule has 0 unspecified atom stereocenters. The number of nitrogens with zero attached hydrogens (tertiary/aromatic N) is 1. The summed E-state index contributed by atoms with van der Waals surface area (Å²) in [5.41, 5.74) is 0. The third kappa shape index (κ3) is 1.20. The molecule has 0 amide bonds. The zero-order valence-corrected chi connectivity index (χ0v) is 5.60. The summed E-state index contributed by atoms with van der Waals surface area (Å²) in [6.07, 6.45) is 5.20. The van der Waals surface area contributed by atoms with Crippen LogP contribution in [0, 0.1) is 0 Å². The molecule has 0 atom stereocenters. The SMILES string of the molecule is ClB1C=CC=CN1Cl. The molecule has 0 N–H and O–H groups in total. The van der Waals surface area contributed by atoms with Gasteiger partial charge in [0.25, 0.3) is 0 Å². The van der Waals surface area contributed by atoms with Crippen molar-refractivity contribution in [1.29, 1.82) is 0 Å². The predicted molar refractivity (Wildman–Crippen MR) is 37.6 cm³/mol. The summed E-state index contributed by atoms with van der Waals surface area (Å²) in [6, 6.07) is 0. The first-order valence-corrected chi connectivity index (χ1v) is 3.01. The van der Waals surface area contributed by atoms with E-state index in [1.54, 1.807) is 12.2 Å². The van der Waals surface area contributed by atoms with Gasteiger partial charge in [-0.2, -0.15) is 11.5 Å². The van der Waals surface area contributed by atoms with E-state index in [0.29, 0.717) is 0 Å². The van der Waals surface area contributed by atoms with Crippen LogP contribution in [0.5, 0.6) is 0 Å². The Labute approximate surface area is 58.7 Å². The zero-order valence-electron chi connectivity index (χ0n) is 4.09. The molecule has 1 rings (SSSR count). The van der Waals surface area contributed by atoms with Crippen LogP contribution < -0.4 is 0 Å². The van der Waals surface area contributed by atoms with Crippen molar-refractivity contribution >= 4 is 29.5 Å². The van der Waals surface area contributed by atoms with Crippen molar-refractivity contribution in [3.8, 4) is 0 Å². The lowest BCUT2D eigenvalue weighted by Crippen LogP contribution is -2.20. The van der Waals surface area contributed by atoms with Crippen molar-refractivity contribution in [3.63, 3.8) is 0 Å². The van der Waals surface area contributed by atoms with Crippen LogP contribution in [0.25, 0.3) is 0 Å². The van der Waals surface area contributed by atoms with Gasteiger partial charge in [-0.15, -0.1) is 0 Å². The summed E-state index contributed by atoms with van der Waals surface area (Å²) in [5, 5.41) is 0. The largest absolute Gasteiger partial charge is 0.402 e. The van der Waals surface area contributed by atoms with Crippen molar-refractivity contribution in [3.05, 3.63) is 24.3 Å². The van der Waals surface area contributed by atoms with Crippen LogP contribution in [-0.2, 0) is 0 Å². The van der Waals surface area contributed by atoms with E-state index in [9.17, 15) is 0 Å². The molecular weight excluding hydrogens is 144 g/mol. The van der Waals surface area contributed by atoms with Crippen LogP contribution >= 0.6 is 23.2 Å². The molecule has 1 nitrogen and oxygen atoms in total. The molecule has 0 aromatic heterocycles. The van der Waals surface area contributed by atoms with Gasteiger partial charge in [-0.25, -0.2) is 0 Å². The van der Waals surface area contributed by atoms with Crippen LogP contribution in [0.1, 0.15) is 0 Å². The molecule has 1 heterocycles. The highest BCUT2D eigenvalue weighted by molar-refractivity contribution is 7.10. The number of allylic oxidation sites excluding steroid dienone is 2. The molecule has 0 aromatic carbocycles. The minimum Gasteiger partial charge on any atom is -0.315 e. The maximum Gasteiger partial charge on any atom is 0.402 e. The first kappa shape index (κ1) is 6.05. The Morgan fingerprint density at radius 2 is 2.12 bits per heavy atom. The van der Waals surface area contributed by atoms with E-state index in [0.717, 1.165) is 0 Å². The Hall–Kier alpha value is -0.0751. The molecule has 0 radical (unpaired) electrons. The zero-order chi connectivity index (χ0) is 5.98. The molecule has 4 heteroatoms. The number of hydrogen-bond donors (Lipinski definition) is 0. The second-order valence-electron chi connectivity index (χ2n) is 1.44. The van der Waals surface area contributed by atoms with Gasteiger partial charge in [-0.3, -0.25) is 0 Å². The summed E-state index contributed by atoms with van der Waals surface area (Å²) < 4.78 is 1.40. The Balaban J connectivity index is 2.59. The minimum atomic E-state index is -0.193. The molecule has 0 aliphatic carbocycles. The molecule has 0 bridgehead atoms. The average Bonchev–Trinajstić information content (AvgIpc) is 1.77. The third-order valence-corrected chi connectivity index (χ3v) is 1.62. The third-order valence-electron chi connectivity index (χ3n) is 0.845. The molecule has 0 saturated carbocycles. The highest BCUT2D eigenvalue weighted by atomic mass is 35.5. The Bertz CT molecular complexity index is 118. The van der Waals surface area contributed by atoms with Gasteiger partial charge in [0, 0.05) is 6.20 Å². The van der Waals surface area contributed by atoms with E-state index >= 15 is 0 Å². The summed E-state index contributed by atoms with van der Waals surface area (Å²) in [5.74, 6) is 1.80. The number of hydrogen-bond acceptors (Lipinski definition) is 1. The van der Waals surface area contributed by atoms with E-state index in [-0.39, 0.29) is 6.26 Å². The average molecular weight is 148 g/mol. The van der Waals surface area contributed by atoms with Crippen LogP contribution in [-0.4, -0.2) is 10.6 Å². The minimum absolute atomic E-state index is 0.193. The van der Waals surface area contributed by atoms with Crippen molar-refractivity contribution in [2.24, 2.45) is 0 Å². The lowest BCUT2D eigenvalue weighted by Gasteiger charge is -2.12. The monoisotopic (exact) mass is 147 g/mol. The van der Waals surface area contributed by atoms with Gasteiger partial charge < -0.3 is 4.33 Å². The van der Waals surface area contributed by atoms with E-state index in [2.05, 4.69) is 0 Å². The van der Waals surface area contributed by atoms with E-state index in [4.69, 9.17) is 23.2 Å². The predicted octanol–water partition coefficient (Wildman–Crippen LogP) is 1.79. The summed E-state index contributed by atoms with van der Waals surface area (Å²) in [7, 11) is 0. The first-order chi connectivity index (χ1) is 3.80. The number of halogens is 2. The van der Waals surface area contributed by atoms with Gasteiger partial charge >= 0.3 is 6.26 Å². The van der Waals surface area contributed by atoms with Crippen LogP contribution in [0.3, 0.4) is 0 Å². The summed E-state index contributed by atoms with van der Waals surface area (Å²) in [4.78, 5) is 0. The molecule has 1 aliphatic rings. The quantitative estimate of drug-likeness (QED) is 0.373. The van der Waals surface area contributed by atoms with Gasteiger partial charge in [-0.05, 0) is 17.9 Å². The lowest BCUT2D eigenvalue weighted by atomic mass is 9.90. The molecule has 0 aromatic rings. The van der Waals surface area contributed by atoms with E-state index < -0.39 is 0 Å². The lowest BCUT2D eigenvalue weighted by molar-refractivity contribution is 0.957. The number of rotatable bonds is 0. The van der Waals surface area contributed by atoms with Gasteiger partial charge in [0.2, 0.25) is 0 Å². The molecule has 8 heavy (non-hydrogen) atoms. The maximum atomic E-state index is 5.62. The molecule has 42 valence electrons. The van der Waals surface area contributed by atoms with Crippen molar-refractivity contribution in [2.45, 2.75) is 0 Å². The second-order valence-corrected chi connectivity index (χ2v) is 2.28. The van der Waals surface area contributed by atoms with Crippen LogP contribution in [0.15, 0.2) is 24.3 Å². The Kier molecular flexibility index (Phi) is 1.87. The van der Waals surface area contributed by atoms with Crippen LogP contribution in [0.2, 0.25) is 0 Å². The van der Waals surface area contributed by atoms with Gasteiger partial charge in [0.15, 0.2) is 0 Å². The van der Waals surface area contributed by atoms with Crippen LogP contribution in [0.4, 0.5) is 0 Å². The summed E-state index contributed by atoms with van der Waals surface area (Å²) in [6.45, 7) is 0.